The van der Waals surface area contributed by atoms with Crippen molar-refractivity contribution >= 4 is 17.2 Å². The zero-order valence-corrected chi connectivity index (χ0v) is 17.2. The molecule has 0 bridgehead atoms. The van der Waals surface area contributed by atoms with Crippen LogP contribution in [0.25, 0.3) is 11.3 Å². The Morgan fingerprint density at radius 1 is 1.09 bits per heavy atom. The Morgan fingerprint density at radius 3 is 2.19 bits per heavy atom. The van der Waals surface area contributed by atoms with Gasteiger partial charge in [0.2, 0.25) is 0 Å². The van der Waals surface area contributed by atoms with Crippen molar-refractivity contribution < 1.29 is 23.4 Å². The number of aliphatic hydroxyl groups is 1. The number of carbonyl (C=O) groups is 1. The van der Waals surface area contributed by atoms with E-state index in [9.17, 15) is 18.7 Å². The van der Waals surface area contributed by atoms with Gasteiger partial charge in [-0.05, 0) is 64.9 Å². The normalized spacial score (nSPS) is 18.6. The molecule has 0 saturated carbocycles. The maximum Gasteiger partial charge on any atom is 0.309 e. The Hall–Kier alpha value is -3.72. The molecule has 32 heavy (non-hydrogen) atoms. The number of allylic oxidation sites excluding steroid dienone is 2. The Morgan fingerprint density at radius 2 is 1.69 bits per heavy atom. The predicted octanol–water partition coefficient (Wildman–Crippen LogP) is 3.30. The molecule has 0 aliphatic carbocycles. The first-order chi connectivity index (χ1) is 15.4. The summed E-state index contributed by atoms with van der Waals surface area (Å²) in [7, 11) is 0. The van der Waals surface area contributed by atoms with Gasteiger partial charge < -0.3 is 9.84 Å². The molecule has 9 heteroatoms. The number of tetrazole rings is 1. The van der Waals surface area contributed by atoms with Crippen LogP contribution in [0, 0.1) is 18.6 Å². The first-order valence-electron chi connectivity index (χ1n) is 9.98. The van der Waals surface area contributed by atoms with E-state index >= 15 is 0 Å². The van der Waals surface area contributed by atoms with Gasteiger partial charge in [-0.25, -0.2) is 8.78 Å². The molecule has 1 aromatic heterocycles. The summed E-state index contributed by atoms with van der Waals surface area (Å²) in [6.07, 6.45) is 2.11. The van der Waals surface area contributed by atoms with E-state index < -0.39 is 29.8 Å². The third-order valence-corrected chi connectivity index (χ3v) is 5.03. The molecule has 0 unspecified atom stereocenters. The van der Waals surface area contributed by atoms with Crippen LogP contribution >= 0.6 is 0 Å². The maximum atomic E-state index is 13.6. The molecule has 0 radical (unpaired) electrons. The number of hydrogen-bond acceptors (Lipinski definition) is 6. The molecular formula is C23H20F2N4O3. The molecule has 1 aliphatic rings. The molecular weight excluding hydrogens is 418 g/mol. The van der Waals surface area contributed by atoms with E-state index in [0.29, 0.717) is 28.2 Å². The Labute approximate surface area is 182 Å². The quantitative estimate of drug-likeness (QED) is 0.486. The Bertz CT molecular complexity index is 1120. The number of ether oxygens (including phenoxy) is 1. The number of nitrogens with zero attached hydrogens (tertiary/aromatic N) is 4. The summed E-state index contributed by atoms with van der Waals surface area (Å²) in [5.74, 6) is -0.802. The van der Waals surface area contributed by atoms with Crippen LogP contribution in [0.5, 0.6) is 0 Å². The third-order valence-electron chi connectivity index (χ3n) is 5.03. The average Bonchev–Trinajstić information content (AvgIpc) is 3.18. The SMILES string of the molecule is Cc1nnnn1C(C=C[C@H]1C[C@H](O)CC(=O)O1)=C(c1ccc(F)cc1)c1ccc(F)cc1. The van der Waals surface area contributed by atoms with E-state index in [4.69, 9.17) is 4.74 Å². The van der Waals surface area contributed by atoms with E-state index in [0.717, 1.165) is 0 Å². The van der Waals surface area contributed by atoms with Gasteiger partial charge in [0.1, 0.15) is 17.7 Å². The number of halogens is 2. The summed E-state index contributed by atoms with van der Waals surface area (Å²) >= 11 is 0. The van der Waals surface area contributed by atoms with Crippen molar-refractivity contribution in [3.8, 4) is 0 Å². The second-order valence-electron chi connectivity index (χ2n) is 7.39. The largest absolute Gasteiger partial charge is 0.458 e. The number of aromatic nitrogens is 4. The summed E-state index contributed by atoms with van der Waals surface area (Å²) in [5.41, 5.74) is 2.41. The van der Waals surface area contributed by atoms with Gasteiger partial charge in [-0.3, -0.25) is 4.79 Å². The van der Waals surface area contributed by atoms with Crippen LogP contribution in [0.1, 0.15) is 29.8 Å². The van der Waals surface area contributed by atoms with E-state index in [1.54, 1.807) is 43.3 Å². The lowest BCUT2D eigenvalue weighted by molar-refractivity contribution is -0.156. The number of esters is 1. The number of aryl methyl sites for hydroxylation is 1. The molecule has 2 aromatic carbocycles. The van der Waals surface area contributed by atoms with E-state index in [2.05, 4.69) is 15.5 Å². The molecule has 1 aliphatic heterocycles. The molecule has 1 saturated heterocycles. The lowest BCUT2D eigenvalue weighted by Gasteiger charge is -2.23. The maximum absolute atomic E-state index is 13.6. The fourth-order valence-electron chi connectivity index (χ4n) is 3.53. The van der Waals surface area contributed by atoms with E-state index in [1.807, 2.05) is 0 Å². The Kier molecular flexibility index (Phi) is 6.18. The van der Waals surface area contributed by atoms with Crippen LogP contribution in [0.3, 0.4) is 0 Å². The van der Waals surface area contributed by atoms with Gasteiger partial charge in [-0.15, -0.1) is 5.10 Å². The fraction of sp³-hybridized carbons (Fsp3) is 0.217. The molecule has 7 nitrogen and oxygen atoms in total. The van der Waals surface area contributed by atoms with Crippen LogP contribution in [-0.2, 0) is 9.53 Å². The second kappa shape index (κ2) is 9.19. The van der Waals surface area contributed by atoms with Crippen molar-refractivity contribution in [3.63, 3.8) is 0 Å². The summed E-state index contributed by atoms with van der Waals surface area (Å²) in [6.45, 7) is 1.71. The summed E-state index contributed by atoms with van der Waals surface area (Å²) in [5, 5.41) is 21.6. The highest BCUT2D eigenvalue weighted by atomic mass is 19.1. The van der Waals surface area contributed by atoms with Crippen molar-refractivity contribution in [2.45, 2.75) is 32.0 Å². The van der Waals surface area contributed by atoms with Gasteiger partial charge in [0, 0.05) is 12.0 Å². The number of hydrogen-bond donors (Lipinski definition) is 1. The first kappa shape index (κ1) is 21.5. The predicted molar refractivity (Wildman–Crippen MR) is 112 cm³/mol. The van der Waals surface area contributed by atoms with Gasteiger partial charge in [-0.2, -0.15) is 4.68 Å². The van der Waals surface area contributed by atoms with Crippen molar-refractivity contribution in [1.29, 1.82) is 0 Å². The number of carbonyl (C=O) groups excluding carboxylic acids is 1. The summed E-state index contributed by atoms with van der Waals surface area (Å²) < 4.78 is 34.0. The molecule has 2 atom stereocenters. The highest BCUT2D eigenvalue weighted by Crippen LogP contribution is 2.31. The molecule has 2 heterocycles. The van der Waals surface area contributed by atoms with Gasteiger partial charge in [0.05, 0.1) is 18.2 Å². The molecule has 1 fully saturated rings. The zero-order chi connectivity index (χ0) is 22.7. The number of cyclic esters (lactones) is 1. The highest BCUT2D eigenvalue weighted by Gasteiger charge is 2.26. The van der Waals surface area contributed by atoms with E-state index in [-0.39, 0.29) is 12.8 Å². The lowest BCUT2D eigenvalue weighted by atomic mass is 9.95. The van der Waals surface area contributed by atoms with Gasteiger partial charge in [-0.1, -0.05) is 24.3 Å². The van der Waals surface area contributed by atoms with Crippen molar-refractivity contribution in [1.82, 2.24) is 20.2 Å². The van der Waals surface area contributed by atoms with Crippen LogP contribution in [0.4, 0.5) is 8.78 Å². The molecule has 0 amide bonds. The summed E-state index contributed by atoms with van der Waals surface area (Å²) in [6, 6.07) is 11.7. The van der Waals surface area contributed by atoms with Gasteiger partial charge >= 0.3 is 5.97 Å². The number of benzene rings is 2. The molecule has 164 valence electrons. The molecule has 0 spiro atoms. The van der Waals surface area contributed by atoms with Gasteiger partial charge in [0.15, 0.2) is 5.82 Å². The summed E-state index contributed by atoms with van der Waals surface area (Å²) in [4.78, 5) is 11.7. The monoisotopic (exact) mass is 438 g/mol. The van der Waals surface area contributed by atoms with Crippen LogP contribution in [-0.4, -0.2) is 43.5 Å². The van der Waals surface area contributed by atoms with Crippen LogP contribution < -0.4 is 0 Å². The second-order valence-corrected chi connectivity index (χ2v) is 7.39. The van der Waals surface area contributed by atoms with Crippen molar-refractivity contribution in [2.75, 3.05) is 0 Å². The fourth-order valence-corrected chi connectivity index (χ4v) is 3.53. The number of aliphatic hydroxyl groups excluding tert-OH is 1. The van der Waals surface area contributed by atoms with Gasteiger partial charge in [0.25, 0.3) is 0 Å². The minimum absolute atomic E-state index is 0.0461. The molecule has 4 rings (SSSR count). The van der Waals surface area contributed by atoms with Crippen LogP contribution in [0.2, 0.25) is 0 Å². The minimum atomic E-state index is -0.790. The smallest absolute Gasteiger partial charge is 0.309 e. The van der Waals surface area contributed by atoms with E-state index in [1.165, 1.54) is 28.9 Å². The molecule has 3 aromatic rings. The topological polar surface area (TPSA) is 90.1 Å². The first-order valence-corrected chi connectivity index (χ1v) is 9.98. The van der Waals surface area contributed by atoms with Crippen molar-refractivity contribution in [2.24, 2.45) is 0 Å². The third kappa shape index (κ3) is 4.78. The minimum Gasteiger partial charge on any atom is -0.458 e. The lowest BCUT2D eigenvalue weighted by Crippen LogP contribution is -2.31. The molecule has 1 N–H and O–H groups in total. The number of rotatable bonds is 5. The highest BCUT2D eigenvalue weighted by molar-refractivity contribution is 5.96. The zero-order valence-electron chi connectivity index (χ0n) is 17.2. The Balaban J connectivity index is 1.90. The van der Waals surface area contributed by atoms with Crippen LogP contribution in [0.15, 0.2) is 60.7 Å². The van der Waals surface area contributed by atoms with Crippen molar-refractivity contribution in [3.05, 3.63) is 89.3 Å². The standard InChI is InChI=1S/C23H20F2N4O3/c1-14-26-27-28-29(14)21(11-10-20-12-19(30)13-22(31)32-20)23(15-2-6-17(24)7-3-15)16-4-8-18(25)9-5-16/h2-11,19-20,30H,12-13H2,1H3/t19-,20-/m0/s1. The average molecular weight is 438 g/mol.